The number of hydrogen-bond acceptors (Lipinski definition) is 5. The Hall–Kier alpha value is -2.42. The maximum Gasteiger partial charge on any atom is 0.343 e. The van der Waals surface area contributed by atoms with Crippen LogP contribution in [0.5, 0.6) is 0 Å². The zero-order valence-electron chi connectivity index (χ0n) is 14.3. The van der Waals surface area contributed by atoms with Gasteiger partial charge in [-0.05, 0) is 20.0 Å². The van der Waals surface area contributed by atoms with E-state index in [0.29, 0.717) is 26.2 Å². The van der Waals surface area contributed by atoms with Gasteiger partial charge in [-0.25, -0.2) is 22.4 Å². The third-order valence-electron chi connectivity index (χ3n) is 3.94. The first-order chi connectivity index (χ1) is 12.3. The molecule has 0 unspecified atom stereocenters. The molecule has 0 bridgehead atoms. The van der Waals surface area contributed by atoms with Crippen molar-refractivity contribution in [3.05, 3.63) is 46.7 Å². The fourth-order valence-electron chi connectivity index (χ4n) is 2.43. The van der Waals surface area contributed by atoms with Gasteiger partial charge in [-0.3, -0.25) is 4.79 Å². The molecule has 0 atom stereocenters. The van der Waals surface area contributed by atoms with Crippen molar-refractivity contribution in [1.82, 2.24) is 9.80 Å². The van der Waals surface area contributed by atoms with E-state index in [1.54, 1.807) is 4.90 Å². The second-order valence-corrected chi connectivity index (χ2v) is 5.78. The predicted octanol–water partition coefficient (Wildman–Crippen LogP) is 2.12. The Balaban J connectivity index is 2.42. The van der Waals surface area contributed by atoms with Crippen molar-refractivity contribution >= 4 is 11.8 Å². The lowest BCUT2D eigenvalue weighted by Gasteiger charge is -2.31. The van der Waals surface area contributed by atoms with Crippen LogP contribution in [0, 0.1) is 23.3 Å². The van der Waals surface area contributed by atoms with Crippen molar-refractivity contribution < 1.29 is 31.9 Å². The van der Waals surface area contributed by atoms with E-state index in [-0.39, 0.29) is 12.7 Å². The lowest BCUT2D eigenvalue weighted by Crippen LogP contribution is -2.42. The molecule has 1 aliphatic heterocycles. The Kier molecular flexibility index (Phi) is 6.36. The highest BCUT2D eigenvalue weighted by atomic mass is 19.2. The molecule has 142 valence electrons. The molecular formula is C17H18F4N2O3. The number of likely N-dealkylation sites (N-methyl/N-ethyl adjacent to an activating group) is 1. The predicted molar refractivity (Wildman–Crippen MR) is 84.4 cm³/mol. The Labute approximate surface area is 147 Å². The quantitative estimate of drug-likeness (QED) is 0.116. The third-order valence-corrected chi connectivity index (χ3v) is 3.94. The monoisotopic (exact) mass is 374 g/mol. The Morgan fingerprint density at radius 3 is 2.27 bits per heavy atom. The van der Waals surface area contributed by atoms with Gasteiger partial charge in [0.25, 0.3) is 0 Å². The molecule has 0 aliphatic carbocycles. The van der Waals surface area contributed by atoms with Crippen LogP contribution in [0.1, 0.15) is 17.3 Å². The third kappa shape index (κ3) is 4.21. The van der Waals surface area contributed by atoms with Gasteiger partial charge in [0.1, 0.15) is 5.57 Å². The van der Waals surface area contributed by atoms with Gasteiger partial charge >= 0.3 is 5.97 Å². The summed E-state index contributed by atoms with van der Waals surface area (Å²) in [7, 11) is 1.90. The zero-order chi connectivity index (χ0) is 19.4. The highest BCUT2D eigenvalue weighted by Gasteiger charge is 2.29. The molecule has 5 nitrogen and oxygen atoms in total. The standard InChI is InChI=1S/C17H18F4N2O3/c1-3-26-17(25)11(9-23-6-4-22(2)5-7-23)16(24)10-8-12(18)14(20)15(21)13(10)19/h8-9H,3-7H2,1-2H3/b11-9-. The number of hydrogen-bond donors (Lipinski definition) is 0. The van der Waals surface area contributed by atoms with Crippen LogP contribution in [-0.2, 0) is 9.53 Å². The number of piperazine rings is 1. The number of esters is 1. The number of carbonyl (C=O) groups is 2. The minimum atomic E-state index is -2.11. The maximum atomic E-state index is 13.9. The highest BCUT2D eigenvalue weighted by molar-refractivity contribution is 6.24. The number of carbonyl (C=O) groups excluding carboxylic acids is 2. The Morgan fingerprint density at radius 2 is 1.69 bits per heavy atom. The number of halogens is 4. The van der Waals surface area contributed by atoms with Crippen LogP contribution >= 0.6 is 0 Å². The van der Waals surface area contributed by atoms with Crippen LogP contribution in [-0.4, -0.2) is 61.4 Å². The second-order valence-electron chi connectivity index (χ2n) is 5.78. The van der Waals surface area contributed by atoms with Crippen molar-refractivity contribution in [3.63, 3.8) is 0 Å². The number of ether oxygens (including phenoxy) is 1. The molecule has 1 heterocycles. The molecule has 1 aliphatic rings. The van der Waals surface area contributed by atoms with Crippen molar-refractivity contribution in [2.75, 3.05) is 39.8 Å². The van der Waals surface area contributed by atoms with Crippen molar-refractivity contribution in [2.24, 2.45) is 0 Å². The average molecular weight is 374 g/mol. The summed E-state index contributed by atoms with van der Waals surface area (Å²) in [5.41, 5.74) is -1.66. The van der Waals surface area contributed by atoms with E-state index in [1.807, 2.05) is 11.9 Å². The topological polar surface area (TPSA) is 49.9 Å². The molecule has 0 amide bonds. The van der Waals surface area contributed by atoms with Gasteiger partial charge in [0.2, 0.25) is 5.78 Å². The molecule has 1 aromatic carbocycles. The number of nitrogens with zero attached hydrogens (tertiary/aromatic N) is 2. The SMILES string of the molecule is CCOC(=O)/C(=C\N1CCN(C)CC1)C(=O)c1cc(F)c(F)c(F)c1F. The van der Waals surface area contributed by atoms with Crippen molar-refractivity contribution in [2.45, 2.75) is 6.92 Å². The molecule has 1 saturated heterocycles. The molecule has 0 saturated carbocycles. The molecule has 1 fully saturated rings. The number of rotatable bonds is 5. The first-order valence-electron chi connectivity index (χ1n) is 7.95. The molecule has 0 radical (unpaired) electrons. The summed E-state index contributed by atoms with van der Waals surface area (Å²) in [6.45, 7) is 3.75. The molecule has 0 spiro atoms. The zero-order valence-corrected chi connectivity index (χ0v) is 14.3. The smallest absolute Gasteiger partial charge is 0.343 e. The van der Waals surface area contributed by atoms with Crippen LogP contribution in [0.2, 0.25) is 0 Å². The van der Waals surface area contributed by atoms with Crippen molar-refractivity contribution in [3.8, 4) is 0 Å². The largest absolute Gasteiger partial charge is 0.462 e. The number of ketones is 1. The summed E-state index contributed by atoms with van der Waals surface area (Å²) in [6.07, 6.45) is 1.19. The molecule has 2 rings (SSSR count). The van der Waals surface area contributed by atoms with Gasteiger partial charge in [-0.15, -0.1) is 0 Å². The summed E-state index contributed by atoms with van der Waals surface area (Å²) in [5, 5.41) is 0. The van der Waals surface area contributed by atoms with Gasteiger partial charge in [-0.2, -0.15) is 0 Å². The summed E-state index contributed by atoms with van der Waals surface area (Å²) < 4.78 is 58.7. The normalized spacial score (nSPS) is 15.9. The summed E-state index contributed by atoms with van der Waals surface area (Å²) >= 11 is 0. The van der Waals surface area contributed by atoms with Gasteiger partial charge in [0, 0.05) is 32.4 Å². The molecule has 26 heavy (non-hydrogen) atoms. The molecular weight excluding hydrogens is 356 g/mol. The first kappa shape index (κ1) is 19.9. The van der Waals surface area contributed by atoms with E-state index >= 15 is 0 Å². The summed E-state index contributed by atoms with van der Waals surface area (Å²) in [4.78, 5) is 28.3. The Bertz CT molecular complexity index is 744. The van der Waals surface area contributed by atoms with Crippen LogP contribution < -0.4 is 0 Å². The lowest BCUT2D eigenvalue weighted by atomic mass is 10.0. The Morgan fingerprint density at radius 1 is 1.08 bits per heavy atom. The lowest BCUT2D eigenvalue weighted by molar-refractivity contribution is -0.138. The van der Waals surface area contributed by atoms with Crippen molar-refractivity contribution in [1.29, 1.82) is 0 Å². The summed E-state index contributed by atoms with van der Waals surface area (Å²) in [6, 6.07) is 0.229. The van der Waals surface area contributed by atoms with Crippen LogP contribution in [0.15, 0.2) is 17.8 Å². The van der Waals surface area contributed by atoms with Gasteiger partial charge in [-0.1, -0.05) is 0 Å². The van der Waals surface area contributed by atoms with Crippen LogP contribution in [0.4, 0.5) is 17.6 Å². The van der Waals surface area contributed by atoms with Crippen LogP contribution in [0.25, 0.3) is 0 Å². The van der Waals surface area contributed by atoms with E-state index in [4.69, 9.17) is 4.74 Å². The minimum Gasteiger partial charge on any atom is -0.462 e. The maximum absolute atomic E-state index is 13.9. The molecule has 9 heteroatoms. The van der Waals surface area contributed by atoms with E-state index < -0.39 is 46.2 Å². The number of Topliss-reactive ketones (excluding diaryl/α,β-unsaturated/α-hetero) is 1. The second kappa shape index (κ2) is 8.31. The minimum absolute atomic E-state index is 0.0547. The van der Waals surface area contributed by atoms with E-state index in [0.717, 1.165) is 0 Å². The average Bonchev–Trinajstić information content (AvgIpc) is 2.62. The highest BCUT2D eigenvalue weighted by Crippen LogP contribution is 2.22. The van der Waals surface area contributed by atoms with E-state index in [9.17, 15) is 27.2 Å². The van der Waals surface area contributed by atoms with E-state index in [1.165, 1.54) is 13.1 Å². The van der Waals surface area contributed by atoms with Crippen LogP contribution in [0.3, 0.4) is 0 Å². The molecule has 0 N–H and O–H groups in total. The summed E-state index contributed by atoms with van der Waals surface area (Å²) in [5.74, 6) is -10.1. The molecule has 1 aromatic rings. The van der Waals surface area contributed by atoms with Gasteiger partial charge in [0.15, 0.2) is 23.3 Å². The number of benzene rings is 1. The fraction of sp³-hybridized carbons (Fsp3) is 0.412. The van der Waals surface area contributed by atoms with Gasteiger partial charge in [0.05, 0.1) is 12.2 Å². The fourth-order valence-corrected chi connectivity index (χ4v) is 2.43. The van der Waals surface area contributed by atoms with Gasteiger partial charge < -0.3 is 14.5 Å². The molecule has 0 aromatic heterocycles. The van der Waals surface area contributed by atoms with E-state index in [2.05, 4.69) is 0 Å². The first-order valence-corrected chi connectivity index (χ1v) is 7.95.